The first-order chi connectivity index (χ1) is 30.1. The molecule has 63 heavy (non-hydrogen) atoms. The fourth-order valence-corrected chi connectivity index (χ4v) is 11.4. The highest BCUT2D eigenvalue weighted by Crippen LogP contribution is 2.71. The van der Waals surface area contributed by atoms with E-state index in [2.05, 4.69) is 82.7 Å². The van der Waals surface area contributed by atoms with Gasteiger partial charge in [-0.2, -0.15) is 0 Å². The molecule has 0 aliphatic carbocycles. The number of alkyl carbamates (subject to hydrolysis) is 2. The van der Waals surface area contributed by atoms with E-state index in [9.17, 15) is 19.2 Å². The van der Waals surface area contributed by atoms with Crippen LogP contribution >= 0.6 is 0 Å². The number of hydrogen-bond donors (Lipinski definition) is 4. The number of benzene rings is 2. The van der Waals surface area contributed by atoms with Crippen molar-refractivity contribution in [3.05, 3.63) is 71.6 Å². The predicted octanol–water partition coefficient (Wildman–Crippen LogP) is 7.68. The minimum absolute atomic E-state index is 0.116. The minimum atomic E-state index is -0.704. The van der Waals surface area contributed by atoms with Crippen molar-refractivity contribution in [2.24, 2.45) is 23.7 Å². The molecule has 4 saturated heterocycles. The van der Waals surface area contributed by atoms with Crippen molar-refractivity contribution in [2.75, 3.05) is 27.3 Å². The van der Waals surface area contributed by atoms with Crippen molar-refractivity contribution in [2.45, 2.75) is 116 Å². The number of ether oxygens (including phenoxy) is 2. The Kier molecular flexibility index (Phi) is 10.9. The Morgan fingerprint density at radius 1 is 0.667 bits per heavy atom. The average molecular weight is 860 g/mol. The van der Waals surface area contributed by atoms with Crippen molar-refractivity contribution >= 4 is 24.0 Å². The molecule has 9 atom stereocenters. The Bertz CT molecular complexity index is 2430. The molecule has 0 spiro atoms. The van der Waals surface area contributed by atoms with Crippen LogP contribution in [0.2, 0.25) is 0 Å². The van der Waals surface area contributed by atoms with Gasteiger partial charge in [0.15, 0.2) is 0 Å². The van der Waals surface area contributed by atoms with Gasteiger partial charge in [-0.1, -0.05) is 77.9 Å². The van der Waals surface area contributed by atoms with Crippen LogP contribution in [0.25, 0.3) is 33.6 Å². The van der Waals surface area contributed by atoms with Gasteiger partial charge >= 0.3 is 12.2 Å². The summed E-state index contributed by atoms with van der Waals surface area (Å²) in [6.45, 7) is 15.5. The van der Waals surface area contributed by atoms with Gasteiger partial charge in [0, 0.05) is 36.3 Å². The highest BCUT2D eigenvalue weighted by molar-refractivity contribution is 5.87. The molecule has 2 aromatic heterocycles. The summed E-state index contributed by atoms with van der Waals surface area (Å²) < 4.78 is 9.66. The maximum absolute atomic E-state index is 14.0. The van der Waals surface area contributed by atoms with Gasteiger partial charge in [0.05, 0.1) is 50.1 Å². The monoisotopic (exact) mass is 859 g/mol. The summed E-state index contributed by atoms with van der Waals surface area (Å²) in [5, 5.41) is 5.49. The van der Waals surface area contributed by atoms with Crippen LogP contribution < -0.4 is 10.6 Å². The minimum Gasteiger partial charge on any atom is -0.453 e. The smallest absolute Gasteiger partial charge is 0.407 e. The molecule has 7 heterocycles. The number of nitrogens with one attached hydrogen (secondary N) is 4. The molecule has 4 fully saturated rings. The number of carbonyl (C=O) groups excluding carboxylic acids is 4. The number of amides is 4. The molecule has 0 saturated carbocycles. The van der Waals surface area contributed by atoms with E-state index in [0.717, 1.165) is 65.4 Å². The van der Waals surface area contributed by atoms with Crippen molar-refractivity contribution in [3.63, 3.8) is 0 Å². The lowest BCUT2D eigenvalue weighted by atomic mass is 9.68. The number of aromatic nitrogens is 4. The Hall–Kier alpha value is -5.70. The van der Waals surface area contributed by atoms with Crippen molar-refractivity contribution in [3.8, 4) is 33.6 Å². The number of aromatic amines is 2. The van der Waals surface area contributed by atoms with Gasteiger partial charge in [-0.3, -0.25) is 14.5 Å². The topological polar surface area (TPSA) is 178 Å². The lowest BCUT2D eigenvalue weighted by Gasteiger charge is -2.65. The van der Waals surface area contributed by atoms with Crippen molar-refractivity contribution in [1.29, 1.82) is 0 Å². The van der Waals surface area contributed by atoms with Gasteiger partial charge in [-0.05, 0) is 84.1 Å². The molecular weight excluding hydrogens is 799 g/mol. The normalized spacial score (nSPS) is 26.8. The first-order valence-corrected chi connectivity index (χ1v) is 22.6. The van der Waals surface area contributed by atoms with E-state index in [1.54, 1.807) is 0 Å². The summed E-state index contributed by atoms with van der Waals surface area (Å²) in [4.78, 5) is 75.5. The third-order valence-corrected chi connectivity index (χ3v) is 14.5. The summed E-state index contributed by atoms with van der Waals surface area (Å²) >= 11 is 0. The number of fused-ring (bicyclic) bond motifs is 3. The van der Waals surface area contributed by atoms with Crippen LogP contribution in [0.5, 0.6) is 0 Å². The van der Waals surface area contributed by atoms with E-state index in [4.69, 9.17) is 19.4 Å². The summed E-state index contributed by atoms with van der Waals surface area (Å²) in [6, 6.07) is 12.0. The molecule has 0 bridgehead atoms. The fraction of sp³-hybridized carbons (Fsp3) is 0.542. The second-order valence-electron chi connectivity index (χ2n) is 19.7. The SMILES string of the molecule is COC(=O)NC(C(=O)N1CC(C)CC1c1ncc(-c2ccc(-c3ccc(-c4cnc(C5CC(C)CN5C(=O)C(NC(=O)OC)C(C)C)[nH]4)c4c3C3CC5(C)CC4N35)cc2)[nH]1)C(C)C. The van der Waals surface area contributed by atoms with Gasteiger partial charge in [0.25, 0.3) is 0 Å². The van der Waals surface area contributed by atoms with E-state index in [1.807, 2.05) is 49.9 Å². The molecule has 15 nitrogen and oxygen atoms in total. The number of likely N-dealkylation sites (tertiary alicyclic amines) is 2. The van der Waals surface area contributed by atoms with Gasteiger partial charge in [0.2, 0.25) is 11.8 Å². The number of rotatable bonds is 11. The van der Waals surface area contributed by atoms with E-state index in [1.165, 1.54) is 30.9 Å². The van der Waals surface area contributed by atoms with Crippen LogP contribution in [-0.2, 0) is 19.1 Å². The van der Waals surface area contributed by atoms with Crippen LogP contribution in [0.3, 0.4) is 0 Å². The molecular formula is C48H61N9O6. The number of hydrogen-bond acceptors (Lipinski definition) is 9. The summed E-state index contributed by atoms with van der Waals surface area (Å²) in [5.41, 5.74) is 9.35. The first kappa shape index (κ1) is 42.6. The Labute approximate surface area is 369 Å². The fourth-order valence-electron chi connectivity index (χ4n) is 11.4. The Morgan fingerprint density at radius 3 is 1.59 bits per heavy atom. The third kappa shape index (κ3) is 7.25. The maximum atomic E-state index is 14.0. The summed E-state index contributed by atoms with van der Waals surface area (Å²) in [5.74, 6) is 1.55. The zero-order valence-electron chi connectivity index (χ0n) is 37.8. The van der Waals surface area contributed by atoms with Gasteiger partial charge < -0.3 is 39.9 Å². The Balaban J connectivity index is 0.974. The zero-order valence-corrected chi connectivity index (χ0v) is 37.8. The number of piperidine rings is 1. The third-order valence-electron chi connectivity index (χ3n) is 14.5. The van der Waals surface area contributed by atoms with Crippen LogP contribution in [-0.4, -0.2) is 104 Å². The lowest BCUT2D eigenvalue weighted by Crippen LogP contribution is -2.66. The second kappa shape index (κ2) is 16.1. The van der Waals surface area contributed by atoms with E-state index >= 15 is 0 Å². The molecule has 4 aromatic rings. The maximum Gasteiger partial charge on any atom is 0.407 e. The molecule has 5 aliphatic rings. The van der Waals surface area contributed by atoms with Crippen LogP contribution in [0.1, 0.15) is 121 Å². The number of imidazole rings is 2. The van der Waals surface area contributed by atoms with Gasteiger partial charge in [-0.15, -0.1) is 0 Å². The standard InChI is InChI=1S/C48H61N9O6/c1-24(2)40(53-46(60)62-8)44(58)55-22-26(5)16-34(55)42-49-20-32(51-42)29-12-10-28(11-13-29)30-14-15-31(39-37-19-48(7)18-36(38(30)39)57(37)48)33-21-50-43(52-33)35-17-27(6)23-56(35)45(59)41(25(3)4)54-47(61)63-9/h10-15,20-21,24-27,34-37,40-41H,16-19,22-23H2,1-9H3,(H,49,51)(H,50,52)(H,53,60)(H,54,61). The molecule has 0 radical (unpaired) electrons. The van der Waals surface area contributed by atoms with Gasteiger partial charge in [0.1, 0.15) is 23.7 Å². The molecule has 334 valence electrons. The number of methoxy groups -OCH3 is 2. The van der Waals surface area contributed by atoms with Crippen LogP contribution in [0, 0.1) is 23.7 Å². The van der Waals surface area contributed by atoms with E-state index in [0.29, 0.717) is 25.2 Å². The lowest BCUT2D eigenvalue weighted by molar-refractivity contribution is -0.177. The van der Waals surface area contributed by atoms with Crippen LogP contribution in [0.15, 0.2) is 48.8 Å². The highest BCUT2D eigenvalue weighted by atomic mass is 16.5. The van der Waals surface area contributed by atoms with Gasteiger partial charge in [-0.25, -0.2) is 19.6 Å². The van der Waals surface area contributed by atoms with Crippen molar-refractivity contribution in [1.82, 2.24) is 45.3 Å². The molecule has 5 aliphatic heterocycles. The second-order valence-corrected chi connectivity index (χ2v) is 19.7. The Morgan fingerprint density at radius 2 is 1.11 bits per heavy atom. The van der Waals surface area contributed by atoms with Crippen LogP contribution in [0.4, 0.5) is 9.59 Å². The van der Waals surface area contributed by atoms with E-state index in [-0.39, 0.29) is 53.1 Å². The molecule has 4 amide bonds. The molecule has 15 heteroatoms. The zero-order chi connectivity index (χ0) is 44.6. The van der Waals surface area contributed by atoms with Crippen molar-refractivity contribution < 1.29 is 28.7 Å². The molecule has 9 rings (SSSR count). The molecule has 4 N–H and O–H groups in total. The summed E-state index contributed by atoms with van der Waals surface area (Å²) in [6.07, 6.45) is 6.32. The first-order valence-electron chi connectivity index (χ1n) is 22.6. The largest absolute Gasteiger partial charge is 0.453 e. The number of H-pyrrole nitrogens is 2. The predicted molar refractivity (Wildman–Crippen MR) is 237 cm³/mol. The molecule has 2 aromatic carbocycles. The molecule has 9 unspecified atom stereocenters. The number of nitrogens with zero attached hydrogens (tertiary/aromatic N) is 5. The number of carbonyl (C=O) groups is 4. The van der Waals surface area contributed by atoms with E-state index < -0.39 is 24.3 Å². The summed E-state index contributed by atoms with van der Waals surface area (Å²) in [7, 11) is 2.61. The highest BCUT2D eigenvalue weighted by Gasteiger charge is 2.66. The quantitative estimate of drug-likeness (QED) is 0.118. The average Bonchev–Trinajstić information content (AvgIpc) is 4.10.